The number of benzene rings is 1. The molecule has 0 heterocycles. The summed E-state index contributed by atoms with van der Waals surface area (Å²) in [4.78, 5) is 22.4. The monoisotopic (exact) mass is 220 g/mol. The van der Waals surface area contributed by atoms with Gasteiger partial charge in [0.25, 0.3) is 0 Å². The van der Waals surface area contributed by atoms with E-state index in [0.29, 0.717) is 6.42 Å². The average Bonchev–Trinajstić information content (AvgIpc) is 2.28. The Bertz CT molecular complexity index is 401. The summed E-state index contributed by atoms with van der Waals surface area (Å²) in [7, 11) is 0. The van der Waals surface area contributed by atoms with Gasteiger partial charge in [0, 0.05) is 17.2 Å². The number of aromatic carboxylic acids is 1. The van der Waals surface area contributed by atoms with Gasteiger partial charge >= 0.3 is 0 Å². The van der Waals surface area contributed by atoms with Crippen molar-refractivity contribution in [2.24, 2.45) is 5.92 Å². The lowest BCUT2D eigenvalue weighted by molar-refractivity contribution is -0.254. The Labute approximate surface area is 94.3 Å². The third kappa shape index (κ3) is 2.82. The molecule has 1 amide bonds. The van der Waals surface area contributed by atoms with Crippen LogP contribution < -0.4 is 10.4 Å². The van der Waals surface area contributed by atoms with Gasteiger partial charge in [-0.3, -0.25) is 4.79 Å². The molecule has 1 atom stereocenters. The molecule has 1 rings (SSSR count). The summed E-state index contributed by atoms with van der Waals surface area (Å²) < 4.78 is 0. The Kier molecular flexibility index (Phi) is 4.05. The highest BCUT2D eigenvalue weighted by Gasteiger charge is 2.12. The van der Waals surface area contributed by atoms with Crippen LogP contribution in [0.2, 0.25) is 0 Å². The molecule has 4 nitrogen and oxygen atoms in total. The second-order valence-electron chi connectivity index (χ2n) is 3.63. The van der Waals surface area contributed by atoms with Crippen molar-refractivity contribution in [3.8, 4) is 0 Å². The van der Waals surface area contributed by atoms with Crippen molar-refractivity contribution in [3.05, 3.63) is 29.8 Å². The Morgan fingerprint density at radius 3 is 2.56 bits per heavy atom. The predicted octanol–water partition coefficient (Wildman–Crippen LogP) is 1.03. The third-order valence-corrected chi connectivity index (χ3v) is 2.46. The first-order chi connectivity index (χ1) is 7.56. The number of hydrogen-bond donors (Lipinski definition) is 1. The van der Waals surface area contributed by atoms with Crippen molar-refractivity contribution in [1.29, 1.82) is 0 Å². The maximum absolute atomic E-state index is 11.6. The number of carbonyl (C=O) groups is 2. The van der Waals surface area contributed by atoms with Crippen molar-refractivity contribution in [3.63, 3.8) is 0 Å². The third-order valence-electron chi connectivity index (χ3n) is 2.46. The summed E-state index contributed by atoms with van der Waals surface area (Å²) in [6.07, 6.45) is 0.708. The number of carboxylic acids is 1. The SMILES string of the molecule is CC[C@H](C)C(=O)Nc1ccccc1C(=O)[O-]. The van der Waals surface area contributed by atoms with Crippen molar-refractivity contribution in [2.75, 3.05) is 5.32 Å². The van der Waals surface area contributed by atoms with Crippen LogP contribution in [0.5, 0.6) is 0 Å². The van der Waals surface area contributed by atoms with Gasteiger partial charge in [-0.1, -0.05) is 32.0 Å². The van der Waals surface area contributed by atoms with E-state index in [-0.39, 0.29) is 23.1 Å². The van der Waals surface area contributed by atoms with Gasteiger partial charge in [-0.25, -0.2) is 0 Å². The van der Waals surface area contributed by atoms with E-state index in [9.17, 15) is 14.7 Å². The molecule has 0 bridgehead atoms. The smallest absolute Gasteiger partial charge is 0.227 e. The number of rotatable bonds is 4. The molecule has 1 N–H and O–H groups in total. The molecule has 16 heavy (non-hydrogen) atoms. The standard InChI is InChI=1S/C12H15NO3/c1-3-8(2)11(14)13-10-7-5-4-6-9(10)12(15)16/h4-8H,3H2,1-2H3,(H,13,14)(H,15,16)/p-1/t8-/m0/s1. The zero-order chi connectivity index (χ0) is 12.1. The van der Waals surface area contributed by atoms with E-state index in [0.717, 1.165) is 0 Å². The lowest BCUT2D eigenvalue weighted by atomic mass is 10.1. The van der Waals surface area contributed by atoms with Gasteiger partial charge in [-0.05, 0) is 12.5 Å². The van der Waals surface area contributed by atoms with Gasteiger partial charge in [0.15, 0.2) is 0 Å². The van der Waals surface area contributed by atoms with Crippen LogP contribution >= 0.6 is 0 Å². The van der Waals surface area contributed by atoms with Crippen molar-refractivity contribution in [2.45, 2.75) is 20.3 Å². The zero-order valence-corrected chi connectivity index (χ0v) is 9.32. The molecule has 0 saturated carbocycles. The maximum Gasteiger partial charge on any atom is 0.227 e. The van der Waals surface area contributed by atoms with E-state index in [1.807, 2.05) is 6.92 Å². The van der Waals surface area contributed by atoms with Crippen LogP contribution in [0.15, 0.2) is 24.3 Å². The first kappa shape index (κ1) is 12.2. The van der Waals surface area contributed by atoms with Gasteiger partial charge in [-0.15, -0.1) is 0 Å². The summed E-state index contributed by atoms with van der Waals surface area (Å²) in [5.41, 5.74) is 0.284. The van der Waals surface area contributed by atoms with E-state index < -0.39 is 5.97 Å². The molecule has 1 aromatic rings. The van der Waals surface area contributed by atoms with Crippen LogP contribution in [0, 0.1) is 5.92 Å². The lowest BCUT2D eigenvalue weighted by Gasteiger charge is -2.14. The fourth-order valence-electron chi connectivity index (χ4n) is 1.21. The molecule has 86 valence electrons. The molecule has 0 aliphatic carbocycles. The quantitative estimate of drug-likeness (QED) is 0.824. The van der Waals surface area contributed by atoms with Gasteiger partial charge < -0.3 is 15.2 Å². The number of amides is 1. The van der Waals surface area contributed by atoms with Crippen molar-refractivity contribution in [1.82, 2.24) is 0 Å². The number of anilines is 1. The highest BCUT2D eigenvalue weighted by atomic mass is 16.4. The Morgan fingerprint density at radius 1 is 1.38 bits per heavy atom. The van der Waals surface area contributed by atoms with Crippen LogP contribution in [0.3, 0.4) is 0 Å². The highest BCUT2D eigenvalue weighted by Crippen LogP contribution is 2.15. The number of hydrogen-bond acceptors (Lipinski definition) is 3. The summed E-state index contributed by atoms with van der Waals surface area (Å²) in [6.45, 7) is 3.69. The van der Waals surface area contributed by atoms with Gasteiger partial charge in [0.2, 0.25) is 5.91 Å². The van der Waals surface area contributed by atoms with Crippen LogP contribution in [0.1, 0.15) is 30.6 Å². The minimum absolute atomic E-state index is 0.000784. The predicted molar refractivity (Wildman–Crippen MR) is 58.9 cm³/mol. The number of para-hydroxylation sites is 1. The van der Waals surface area contributed by atoms with E-state index in [1.54, 1.807) is 25.1 Å². The molecule has 0 aliphatic heterocycles. The minimum Gasteiger partial charge on any atom is -0.545 e. The number of nitrogens with one attached hydrogen (secondary N) is 1. The summed E-state index contributed by atoms with van der Waals surface area (Å²) in [6, 6.07) is 6.20. The first-order valence-electron chi connectivity index (χ1n) is 5.17. The molecule has 1 aromatic carbocycles. The fraction of sp³-hybridized carbons (Fsp3) is 0.333. The van der Waals surface area contributed by atoms with Crippen LogP contribution in [0.25, 0.3) is 0 Å². The summed E-state index contributed by atoms with van der Waals surface area (Å²) in [5, 5.41) is 13.4. The molecule has 0 aliphatic rings. The molecule has 0 radical (unpaired) electrons. The highest BCUT2D eigenvalue weighted by molar-refractivity contribution is 6.00. The Hall–Kier alpha value is -1.84. The Morgan fingerprint density at radius 2 is 2.00 bits per heavy atom. The second kappa shape index (κ2) is 5.30. The summed E-state index contributed by atoms with van der Waals surface area (Å²) >= 11 is 0. The van der Waals surface area contributed by atoms with E-state index >= 15 is 0 Å². The molecule has 0 spiro atoms. The second-order valence-corrected chi connectivity index (χ2v) is 3.63. The van der Waals surface area contributed by atoms with Gasteiger partial charge in [-0.2, -0.15) is 0 Å². The van der Waals surface area contributed by atoms with E-state index in [4.69, 9.17) is 0 Å². The van der Waals surface area contributed by atoms with E-state index in [1.165, 1.54) is 6.07 Å². The average molecular weight is 220 g/mol. The van der Waals surface area contributed by atoms with Crippen molar-refractivity contribution >= 4 is 17.6 Å². The normalized spacial score (nSPS) is 11.9. The van der Waals surface area contributed by atoms with Crippen molar-refractivity contribution < 1.29 is 14.7 Å². The largest absolute Gasteiger partial charge is 0.545 e. The lowest BCUT2D eigenvalue weighted by Crippen LogP contribution is -2.26. The molecule has 0 saturated heterocycles. The molecular weight excluding hydrogens is 206 g/mol. The van der Waals surface area contributed by atoms with Crippen LogP contribution in [-0.2, 0) is 4.79 Å². The first-order valence-corrected chi connectivity index (χ1v) is 5.17. The minimum atomic E-state index is -1.29. The zero-order valence-electron chi connectivity index (χ0n) is 9.32. The molecule has 0 unspecified atom stereocenters. The van der Waals surface area contributed by atoms with Crippen LogP contribution in [-0.4, -0.2) is 11.9 Å². The molecule has 0 fully saturated rings. The maximum atomic E-state index is 11.6. The van der Waals surface area contributed by atoms with Gasteiger partial charge in [0.05, 0.1) is 5.97 Å². The van der Waals surface area contributed by atoms with E-state index in [2.05, 4.69) is 5.32 Å². The van der Waals surface area contributed by atoms with Gasteiger partial charge in [0.1, 0.15) is 0 Å². The molecular formula is C12H14NO3-. The molecule has 4 heteroatoms. The Balaban J connectivity index is 2.89. The molecule has 0 aromatic heterocycles. The van der Waals surface area contributed by atoms with Crippen LogP contribution in [0.4, 0.5) is 5.69 Å². The number of carbonyl (C=O) groups excluding carboxylic acids is 2. The fourth-order valence-corrected chi connectivity index (χ4v) is 1.21. The number of carboxylic acid groups (broad SMARTS) is 1. The topological polar surface area (TPSA) is 69.2 Å². The summed E-state index contributed by atoms with van der Waals surface area (Å²) in [5.74, 6) is -1.62.